The SMILES string of the molecule is CC1CN(CCC(=O)c2ccccc2)CC1C. The Bertz CT molecular complexity index is 364. The molecule has 2 rings (SSSR count). The Kier molecular flexibility index (Phi) is 3.95. The lowest BCUT2D eigenvalue weighted by Crippen LogP contribution is -2.24. The number of rotatable bonds is 4. The summed E-state index contributed by atoms with van der Waals surface area (Å²) in [6.45, 7) is 7.78. The van der Waals surface area contributed by atoms with Crippen molar-refractivity contribution in [3.05, 3.63) is 35.9 Å². The zero-order chi connectivity index (χ0) is 12.3. The van der Waals surface area contributed by atoms with Crippen LogP contribution < -0.4 is 0 Å². The van der Waals surface area contributed by atoms with Gasteiger partial charge in [0.25, 0.3) is 0 Å². The first kappa shape index (κ1) is 12.3. The number of hydrogen-bond acceptors (Lipinski definition) is 2. The Morgan fingerprint density at radius 3 is 2.35 bits per heavy atom. The largest absolute Gasteiger partial charge is 0.302 e. The van der Waals surface area contributed by atoms with E-state index in [1.165, 1.54) is 0 Å². The van der Waals surface area contributed by atoms with Gasteiger partial charge in [0.05, 0.1) is 0 Å². The van der Waals surface area contributed by atoms with Crippen molar-refractivity contribution in [3.63, 3.8) is 0 Å². The maximum absolute atomic E-state index is 11.9. The van der Waals surface area contributed by atoms with Gasteiger partial charge in [-0.2, -0.15) is 0 Å². The topological polar surface area (TPSA) is 20.3 Å². The Balaban J connectivity index is 1.81. The van der Waals surface area contributed by atoms with Crippen molar-refractivity contribution in [2.45, 2.75) is 20.3 Å². The van der Waals surface area contributed by atoms with Crippen LogP contribution >= 0.6 is 0 Å². The highest BCUT2D eigenvalue weighted by Gasteiger charge is 2.25. The zero-order valence-electron chi connectivity index (χ0n) is 10.7. The maximum atomic E-state index is 11.9. The van der Waals surface area contributed by atoms with Crippen molar-refractivity contribution in [3.8, 4) is 0 Å². The predicted molar refractivity (Wildman–Crippen MR) is 70.2 cm³/mol. The number of ketones is 1. The molecule has 0 spiro atoms. The van der Waals surface area contributed by atoms with Crippen molar-refractivity contribution in [1.29, 1.82) is 0 Å². The van der Waals surface area contributed by atoms with Crippen molar-refractivity contribution < 1.29 is 4.79 Å². The molecule has 2 nitrogen and oxygen atoms in total. The molecule has 1 saturated heterocycles. The van der Waals surface area contributed by atoms with E-state index >= 15 is 0 Å². The third-order valence-electron chi connectivity index (χ3n) is 3.81. The number of benzene rings is 1. The normalized spacial score (nSPS) is 25.1. The lowest BCUT2D eigenvalue weighted by atomic mass is 10.0. The van der Waals surface area contributed by atoms with E-state index in [0.717, 1.165) is 37.0 Å². The molecule has 2 unspecified atom stereocenters. The molecule has 1 heterocycles. The average molecular weight is 231 g/mol. The molecule has 17 heavy (non-hydrogen) atoms. The summed E-state index contributed by atoms with van der Waals surface area (Å²) in [4.78, 5) is 14.4. The first-order valence-corrected chi connectivity index (χ1v) is 6.47. The fourth-order valence-corrected chi connectivity index (χ4v) is 2.46. The maximum Gasteiger partial charge on any atom is 0.164 e. The fourth-order valence-electron chi connectivity index (χ4n) is 2.46. The Morgan fingerprint density at radius 2 is 1.76 bits per heavy atom. The minimum absolute atomic E-state index is 0.262. The summed E-state index contributed by atoms with van der Waals surface area (Å²) < 4.78 is 0. The molecule has 0 amide bonds. The molecule has 1 aliphatic heterocycles. The number of hydrogen-bond donors (Lipinski definition) is 0. The highest BCUT2D eigenvalue weighted by Crippen LogP contribution is 2.22. The third kappa shape index (κ3) is 3.16. The standard InChI is InChI=1S/C15H21NO/c1-12-10-16(11-13(12)2)9-8-15(17)14-6-4-3-5-7-14/h3-7,12-13H,8-11H2,1-2H3. The number of likely N-dealkylation sites (tertiary alicyclic amines) is 1. The van der Waals surface area contributed by atoms with E-state index < -0.39 is 0 Å². The minimum Gasteiger partial charge on any atom is -0.302 e. The Labute approximate surface area is 104 Å². The van der Waals surface area contributed by atoms with Crippen LogP contribution in [0.2, 0.25) is 0 Å². The molecule has 0 saturated carbocycles. The van der Waals surface area contributed by atoms with Crippen LogP contribution in [0.25, 0.3) is 0 Å². The molecule has 2 heteroatoms. The molecule has 1 fully saturated rings. The Hall–Kier alpha value is -1.15. The molecule has 0 bridgehead atoms. The number of nitrogens with zero attached hydrogens (tertiary/aromatic N) is 1. The molecule has 1 aliphatic rings. The second-order valence-corrected chi connectivity index (χ2v) is 5.25. The molecule has 1 aromatic rings. The van der Waals surface area contributed by atoms with Crippen molar-refractivity contribution in [1.82, 2.24) is 4.90 Å². The molecule has 92 valence electrons. The van der Waals surface area contributed by atoms with E-state index in [4.69, 9.17) is 0 Å². The summed E-state index contributed by atoms with van der Waals surface area (Å²) in [6, 6.07) is 9.59. The first-order valence-electron chi connectivity index (χ1n) is 6.47. The zero-order valence-corrected chi connectivity index (χ0v) is 10.7. The smallest absolute Gasteiger partial charge is 0.164 e. The van der Waals surface area contributed by atoms with Crippen LogP contribution in [0.5, 0.6) is 0 Å². The van der Waals surface area contributed by atoms with Gasteiger partial charge in [-0.15, -0.1) is 0 Å². The molecule has 0 radical (unpaired) electrons. The summed E-state index contributed by atoms with van der Waals surface area (Å²) in [6.07, 6.45) is 0.642. The monoisotopic (exact) mass is 231 g/mol. The van der Waals surface area contributed by atoms with Crippen LogP contribution in [0.1, 0.15) is 30.6 Å². The summed E-state index contributed by atoms with van der Waals surface area (Å²) in [5.41, 5.74) is 0.841. The summed E-state index contributed by atoms with van der Waals surface area (Å²) in [5, 5.41) is 0. The highest BCUT2D eigenvalue weighted by atomic mass is 16.1. The average Bonchev–Trinajstić information content (AvgIpc) is 2.67. The third-order valence-corrected chi connectivity index (χ3v) is 3.81. The Morgan fingerprint density at radius 1 is 1.18 bits per heavy atom. The quantitative estimate of drug-likeness (QED) is 0.743. The van der Waals surface area contributed by atoms with Gasteiger partial charge in [-0.1, -0.05) is 44.2 Å². The van der Waals surface area contributed by atoms with Gasteiger partial charge in [-0.25, -0.2) is 0 Å². The molecule has 0 aliphatic carbocycles. The lowest BCUT2D eigenvalue weighted by Gasteiger charge is -2.14. The summed E-state index contributed by atoms with van der Waals surface area (Å²) in [7, 11) is 0. The van der Waals surface area contributed by atoms with Crippen LogP contribution in [0.15, 0.2) is 30.3 Å². The van der Waals surface area contributed by atoms with Gasteiger partial charge in [0.15, 0.2) is 5.78 Å². The van der Waals surface area contributed by atoms with Gasteiger partial charge < -0.3 is 4.90 Å². The van der Waals surface area contributed by atoms with E-state index in [2.05, 4.69) is 18.7 Å². The number of Topliss-reactive ketones (excluding diaryl/α,β-unsaturated/α-hetero) is 1. The van der Waals surface area contributed by atoms with Crippen LogP contribution in [0, 0.1) is 11.8 Å². The fraction of sp³-hybridized carbons (Fsp3) is 0.533. The van der Waals surface area contributed by atoms with E-state index in [0.29, 0.717) is 6.42 Å². The minimum atomic E-state index is 0.262. The van der Waals surface area contributed by atoms with E-state index in [9.17, 15) is 4.79 Å². The van der Waals surface area contributed by atoms with Gasteiger partial charge in [0.2, 0.25) is 0 Å². The van der Waals surface area contributed by atoms with E-state index in [1.807, 2.05) is 30.3 Å². The lowest BCUT2D eigenvalue weighted by molar-refractivity contribution is 0.0968. The van der Waals surface area contributed by atoms with Crippen molar-refractivity contribution >= 4 is 5.78 Å². The summed E-state index contributed by atoms with van der Waals surface area (Å²) in [5.74, 6) is 1.79. The molecular weight excluding hydrogens is 210 g/mol. The predicted octanol–water partition coefficient (Wildman–Crippen LogP) is 2.85. The van der Waals surface area contributed by atoms with Crippen LogP contribution in [0.3, 0.4) is 0 Å². The molecule has 0 N–H and O–H groups in total. The second kappa shape index (κ2) is 5.46. The van der Waals surface area contributed by atoms with E-state index in [-0.39, 0.29) is 5.78 Å². The number of carbonyl (C=O) groups is 1. The van der Waals surface area contributed by atoms with Gasteiger partial charge in [0.1, 0.15) is 0 Å². The van der Waals surface area contributed by atoms with Gasteiger partial charge >= 0.3 is 0 Å². The van der Waals surface area contributed by atoms with Crippen molar-refractivity contribution in [2.75, 3.05) is 19.6 Å². The first-order chi connectivity index (χ1) is 8.16. The van der Waals surface area contributed by atoms with Crippen LogP contribution in [0.4, 0.5) is 0 Å². The van der Waals surface area contributed by atoms with Gasteiger partial charge in [-0.3, -0.25) is 4.79 Å². The van der Waals surface area contributed by atoms with Crippen molar-refractivity contribution in [2.24, 2.45) is 11.8 Å². The molecule has 2 atom stereocenters. The van der Waals surface area contributed by atoms with Crippen LogP contribution in [-0.4, -0.2) is 30.3 Å². The summed E-state index contributed by atoms with van der Waals surface area (Å²) >= 11 is 0. The van der Waals surface area contributed by atoms with Gasteiger partial charge in [-0.05, 0) is 11.8 Å². The number of carbonyl (C=O) groups excluding carboxylic acids is 1. The molecule has 0 aromatic heterocycles. The second-order valence-electron chi connectivity index (χ2n) is 5.25. The van der Waals surface area contributed by atoms with E-state index in [1.54, 1.807) is 0 Å². The van der Waals surface area contributed by atoms with Gasteiger partial charge in [0, 0.05) is 31.6 Å². The molecule has 1 aromatic carbocycles. The molecular formula is C15H21NO. The van der Waals surface area contributed by atoms with Crippen LogP contribution in [-0.2, 0) is 0 Å². The highest BCUT2D eigenvalue weighted by molar-refractivity contribution is 5.96.